The maximum Gasteiger partial charge on any atom is 0.269 e. The monoisotopic (exact) mass is 434 g/mol. The number of non-ortho nitro benzene ring substituents is 1. The number of nitro benzene ring substituents is 1. The summed E-state index contributed by atoms with van der Waals surface area (Å²) in [6, 6.07) is 6.17. The van der Waals surface area contributed by atoms with Gasteiger partial charge in [0, 0.05) is 17.9 Å². The van der Waals surface area contributed by atoms with Crippen LogP contribution in [0.2, 0.25) is 0 Å². The average molecular weight is 434 g/mol. The molecule has 12 nitrogen and oxygen atoms in total. The Labute approximate surface area is 173 Å². The quantitative estimate of drug-likeness (QED) is 0.180. The van der Waals surface area contributed by atoms with Gasteiger partial charge in [-0.2, -0.15) is 4.98 Å². The van der Waals surface area contributed by atoms with Gasteiger partial charge in [-0.05, 0) is 5.56 Å². The first kappa shape index (κ1) is 20.4. The van der Waals surface area contributed by atoms with E-state index in [1.54, 1.807) is 12.1 Å². The van der Waals surface area contributed by atoms with Crippen LogP contribution in [-0.2, 0) is 10.5 Å². The van der Waals surface area contributed by atoms with E-state index in [0.717, 1.165) is 5.56 Å². The van der Waals surface area contributed by atoms with E-state index in [1.165, 1.54) is 34.8 Å². The normalized spacial score (nSPS) is 23.8. The predicted octanol–water partition coefficient (Wildman–Crippen LogP) is 0.220. The van der Waals surface area contributed by atoms with Gasteiger partial charge in [-0.25, -0.2) is 9.97 Å². The molecular formula is C17H18N6O6S. The Morgan fingerprint density at radius 2 is 1.97 bits per heavy atom. The van der Waals surface area contributed by atoms with Crippen LogP contribution in [0.3, 0.4) is 0 Å². The number of anilines is 1. The fraction of sp³-hybridized carbons (Fsp3) is 0.353. The third kappa shape index (κ3) is 3.68. The molecule has 4 rings (SSSR count). The van der Waals surface area contributed by atoms with E-state index in [-0.39, 0.29) is 11.6 Å². The minimum Gasteiger partial charge on any atom is -0.394 e. The molecule has 0 radical (unpaired) electrons. The van der Waals surface area contributed by atoms with Gasteiger partial charge in [-0.1, -0.05) is 23.9 Å². The van der Waals surface area contributed by atoms with Gasteiger partial charge >= 0.3 is 0 Å². The highest BCUT2D eigenvalue weighted by Gasteiger charge is 2.44. The van der Waals surface area contributed by atoms with Crippen molar-refractivity contribution in [1.29, 1.82) is 0 Å². The zero-order valence-electron chi connectivity index (χ0n) is 15.4. The van der Waals surface area contributed by atoms with Gasteiger partial charge in [0.15, 0.2) is 11.9 Å². The maximum absolute atomic E-state index is 10.8. The summed E-state index contributed by atoms with van der Waals surface area (Å²) in [6.07, 6.45) is -3.07. The van der Waals surface area contributed by atoms with Crippen LogP contribution in [0, 0.1) is 10.1 Å². The number of hydrogen-bond acceptors (Lipinski definition) is 11. The Balaban J connectivity index is 1.60. The summed E-state index contributed by atoms with van der Waals surface area (Å²) < 4.78 is 6.97. The lowest BCUT2D eigenvalue weighted by Gasteiger charge is -2.16. The molecule has 5 N–H and O–H groups in total. The van der Waals surface area contributed by atoms with Crippen molar-refractivity contribution < 1.29 is 25.0 Å². The molecule has 13 heteroatoms. The molecule has 3 aromatic rings. The smallest absolute Gasteiger partial charge is 0.269 e. The third-order valence-electron chi connectivity index (χ3n) is 4.72. The number of nitrogen functional groups attached to an aromatic ring is 1. The number of nitrogens with two attached hydrogens (primary N) is 1. The number of aliphatic hydroxyl groups is 3. The molecule has 4 atom stereocenters. The summed E-state index contributed by atoms with van der Waals surface area (Å²) in [5.74, 6) is 0.451. The molecule has 1 aliphatic heterocycles. The topological polar surface area (TPSA) is 183 Å². The van der Waals surface area contributed by atoms with Gasteiger partial charge in [0.2, 0.25) is 5.95 Å². The third-order valence-corrected chi connectivity index (χ3v) is 5.76. The van der Waals surface area contributed by atoms with E-state index in [2.05, 4.69) is 15.0 Å². The largest absolute Gasteiger partial charge is 0.394 e. The van der Waals surface area contributed by atoms with E-state index >= 15 is 0 Å². The van der Waals surface area contributed by atoms with Crippen molar-refractivity contribution in [2.24, 2.45) is 0 Å². The van der Waals surface area contributed by atoms with Crippen LogP contribution in [0.5, 0.6) is 0 Å². The molecule has 0 amide bonds. The van der Waals surface area contributed by atoms with Crippen molar-refractivity contribution in [2.75, 3.05) is 12.3 Å². The molecule has 1 fully saturated rings. The Hall–Kier alpha value is -2.84. The molecule has 3 heterocycles. The molecular weight excluding hydrogens is 416 g/mol. The first-order valence-electron chi connectivity index (χ1n) is 8.87. The standard InChI is InChI=1S/C17H18N6O6S/c18-17-20-14-11(19-7-22(14)16-13(26)12(25)10(5-24)29-16)15(21-17)30-6-8-1-3-9(4-2-8)23(27)28/h1-4,7,10,12-13,16,24-26H,5-6H2,(H2,18,20,21)/t10-,12+,13-,16-/m0/s1. The van der Waals surface area contributed by atoms with Crippen molar-refractivity contribution in [3.63, 3.8) is 0 Å². The number of nitrogens with zero attached hydrogens (tertiary/aromatic N) is 5. The summed E-state index contributed by atoms with van der Waals surface area (Å²) in [5.41, 5.74) is 7.43. The van der Waals surface area contributed by atoms with Crippen LogP contribution >= 0.6 is 11.8 Å². The van der Waals surface area contributed by atoms with E-state index in [0.29, 0.717) is 21.9 Å². The average Bonchev–Trinajstić information content (AvgIpc) is 3.27. The lowest BCUT2D eigenvalue weighted by molar-refractivity contribution is -0.384. The van der Waals surface area contributed by atoms with Gasteiger partial charge in [0.25, 0.3) is 5.69 Å². The highest BCUT2D eigenvalue weighted by Crippen LogP contribution is 2.34. The molecule has 158 valence electrons. The predicted molar refractivity (Wildman–Crippen MR) is 105 cm³/mol. The molecule has 2 aromatic heterocycles. The highest BCUT2D eigenvalue weighted by molar-refractivity contribution is 7.98. The molecule has 0 unspecified atom stereocenters. The second-order valence-electron chi connectivity index (χ2n) is 6.65. The van der Waals surface area contributed by atoms with Crippen molar-refractivity contribution in [2.45, 2.75) is 35.3 Å². The number of thioether (sulfide) groups is 1. The van der Waals surface area contributed by atoms with Gasteiger partial charge < -0.3 is 25.8 Å². The number of aromatic nitrogens is 4. The lowest BCUT2D eigenvalue weighted by atomic mass is 10.1. The second kappa shape index (κ2) is 8.12. The molecule has 1 saturated heterocycles. The summed E-state index contributed by atoms with van der Waals surface area (Å²) in [6.45, 7) is -0.450. The number of ether oxygens (including phenoxy) is 1. The van der Waals surface area contributed by atoms with Gasteiger partial charge in [-0.15, -0.1) is 0 Å². The van der Waals surface area contributed by atoms with Crippen molar-refractivity contribution in [3.05, 3.63) is 46.3 Å². The summed E-state index contributed by atoms with van der Waals surface area (Å²) in [7, 11) is 0. The molecule has 0 bridgehead atoms. The fourth-order valence-electron chi connectivity index (χ4n) is 3.17. The summed E-state index contributed by atoms with van der Waals surface area (Å²) in [4.78, 5) is 23.0. The van der Waals surface area contributed by atoms with Crippen molar-refractivity contribution >= 4 is 34.6 Å². The zero-order chi connectivity index (χ0) is 21.4. The lowest BCUT2D eigenvalue weighted by Crippen LogP contribution is -2.33. The van der Waals surface area contributed by atoms with Crippen LogP contribution in [0.1, 0.15) is 11.8 Å². The molecule has 0 saturated carbocycles. The van der Waals surface area contributed by atoms with Crippen LogP contribution < -0.4 is 5.73 Å². The van der Waals surface area contributed by atoms with Crippen LogP contribution in [0.25, 0.3) is 11.2 Å². The fourth-order valence-corrected chi connectivity index (χ4v) is 4.10. The minimum atomic E-state index is -1.29. The number of imidazole rings is 1. The first-order chi connectivity index (χ1) is 14.4. The summed E-state index contributed by atoms with van der Waals surface area (Å²) >= 11 is 1.32. The van der Waals surface area contributed by atoms with E-state index < -0.39 is 36.1 Å². The van der Waals surface area contributed by atoms with Gasteiger partial charge in [0.05, 0.1) is 17.9 Å². The molecule has 1 aliphatic rings. The summed E-state index contributed by atoms with van der Waals surface area (Å²) in [5, 5.41) is 40.8. The number of nitro groups is 1. The number of fused-ring (bicyclic) bond motifs is 1. The van der Waals surface area contributed by atoms with Crippen molar-refractivity contribution in [3.8, 4) is 0 Å². The Bertz CT molecular complexity index is 1080. The van der Waals surface area contributed by atoms with Crippen LogP contribution in [0.4, 0.5) is 11.6 Å². The number of rotatable bonds is 6. The second-order valence-corrected chi connectivity index (χ2v) is 7.62. The molecule has 1 aromatic carbocycles. The number of benzene rings is 1. The number of hydrogen-bond donors (Lipinski definition) is 4. The Morgan fingerprint density at radius 1 is 1.23 bits per heavy atom. The minimum absolute atomic E-state index is 0.00894. The number of aliphatic hydroxyl groups excluding tert-OH is 3. The Kier molecular flexibility index (Phi) is 5.53. The van der Waals surface area contributed by atoms with Gasteiger partial charge in [0.1, 0.15) is 28.9 Å². The maximum atomic E-state index is 10.8. The zero-order valence-corrected chi connectivity index (χ0v) is 16.2. The van der Waals surface area contributed by atoms with Crippen LogP contribution in [-0.4, -0.2) is 64.7 Å². The molecule has 0 spiro atoms. The van der Waals surface area contributed by atoms with E-state index in [9.17, 15) is 25.4 Å². The van der Waals surface area contributed by atoms with E-state index in [1.807, 2.05) is 0 Å². The molecule has 0 aliphatic carbocycles. The first-order valence-corrected chi connectivity index (χ1v) is 9.86. The van der Waals surface area contributed by atoms with Crippen LogP contribution in [0.15, 0.2) is 35.6 Å². The molecule has 30 heavy (non-hydrogen) atoms. The van der Waals surface area contributed by atoms with Crippen molar-refractivity contribution in [1.82, 2.24) is 19.5 Å². The van der Waals surface area contributed by atoms with E-state index in [4.69, 9.17) is 10.5 Å². The Morgan fingerprint density at radius 3 is 2.60 bits per heavy atom. The highest BCUT2D eigenvalue weighted by atomic mass is 32.2. The SMILES string of the molecule is Nc1nc(SCc2ccc([N+](=O)[O-])cc2)c2ncn([C@H]3O[C@@H](CO)[C@@H](O)[C@@H]3O)c2n1. The van der Waals surface area contributed by atoms with Gasteiger partial charge in [-0.3, -0.25) is 14.7 Å².